The molecule has 6 nitrogen and oxygen atoms in total. The summed E-state index contributed by atoms with van der Waals surface area (Å²) in [6.07, 6.45) is 2.03. The Morgan fingerprint density at radius 1 is 1.20 bits per heavy atom. The van der Waals surface area contributed by atoms with Crippen LogP contribution in [0.2, 0.25) is 0 Å². The molecule has 1 aliphatic rings. The fourth-order valence-corrected chi connectivity index (χ4v) is 1.85. The SMILES string of the molecule is O=C(NC1CC1)c1ccc(-c2ccc([N+](=O)[O-])cc2)o1. The molecule has 2 aromatic rings. The summed E-state index contributed by atoms with van der Waals surface area (Å²) in [6, 6.07) is 9.57. The van der Waals surface area contributed by atoms with Crippen molar-refractivity contribution in [1.29, 1.82) is 0 Å². The van der Waals surface area contributed by atoms with Crippen molar-refractivity contribution in [2.75, 3.05) is 0 Å². The predicted molar refractivity (Wildman–Crippen MR) is 71.3 cm³/mol. The van der Waals surface area contributed by atoms with Gasteiger partial charge in [0, 0.05) is 23.7 Å². The van der Waals surface area contributed by atoms with Gasteiger partial charge >= 0.3 is 0 Å². The van der Waals surface area contributed by atoms with Gasteiger partial charge in [0.2, 0.25) is 0 Å². The fourth-order valence-electron chi connectivity index (χ4n) is 1.85. The molecule has 1 amide bonds. The fraction of sp³-hybridized carbons (Fsp3) is 0.214. The van der Waals surface area contributed by atoms with Gasteiger partial charge in [-0.2, -0.15) is 0 Å². The number of nitro groups is 1. The zero-order chi connectivity index (χ0) is 14.1. The van der Waals surface area contributed by atoms with Crippen molar-refractivity contribution in [3.63, 3.8) is 0 Å². The summed E-state index contributed by atoms with van der Waals surface area (Å²) >= 11 is 0. The average molecular weight is 272 g/mol. The molecule has 1 aliphatic carbocycles. The standard InChI is InChI=1S/C14H12N2O4/c17-14(15-10-3-4-10)13-8-7-12(20-13)9-1-5-11(6-2-9)16(18)19/h1-2,5-8,10H,3-4H2,(H,15,17). The average Bonchev–Trinajstić information content (AvgIpc) is 3.11. The minimum absolute atomic E-state index is 0.0204. The molecule has 1 heterocycles. The molecule has 1 fully saturated rings. The molecule has 1 aromatic carbocycles. The van der Waals surface area contributed by atoms with Crippen LogP contribution in [0.25, 0.3) is 11.3 Å². The first-order valence-electron chi connectivity index (χ1n) is 6.29. The number of carbonyl (C=O) groups excluding carboxylic acids is 1. The maximum atomic E-state index is 11.8. The first-order valence-corrected chi connectivity index (χ1v) is 6.29. The Morgan fingerprint density at radius 3 is 2.50 bits per heavy atom. The molecule has 1 aromatic heterocycles. The molecule has 102 valence electrons. The zero-order valence-corrected chi connectivity index (χ0v) is 10.5. The first kappa shape index (κ1) is 12.4. The second-order valence-corrected chi connectivity index (χ2v) is 4.72. The van der Waals surface area contributed by atoms with Crippen LogP contribution >= 0.6 is 0 Å². The van der Waals surface area contributed by atoms with Crippen molar-refractivity contribution in [1.82, 2.24) is 5.32 Å². The van der Waals surface area contributed by atoms with Gasteiger partial charge in [-0.1, -0.05) is 0 Å². The molecule has 6 heteroatoms. The minimum atomic E-state index is -0.458. The lowest BCUT2D eigenvalue weighted by atomic mass is 10.1. The predicted octanol–water partition coefficient (Wildman–Crippen LogP) is 2.75. The van der Waals surface area contributed by atoms with Gasteiger partial charge in [0.05, 0.1) is 4.92 Å². The highest BCUT2D eigenvalue weighted by Crippen LogP contribution is 2.25. The van der Waals surface area contributed by atoms with Crippen LogP contribution in [0.4, 0.5) is 5.69 Å². The van der Waals surface area contributed by atoms with Crippen molar-refractivity contribution >= 4 is 11.6 Å². The van der Waals surface area contributed by atoms with Crippen molar-refractivity contribution in [2.24, 2.45) is 0 Å². The monoisotopic (exact) mass is 272 g/mol. The maximum Gasteiger partial charge on any atom is 0.287 e. The van der Waals surface area contributed by atoms with Gasteiger partial charge in [0.15, 0.2) is 5.76 Å². The number of nitro benzene ring substituents is 1. The Bertz CT molecular complexity index is 656. The topological polar surface area (TPSA) is 85.4 Å². The number of amides is 1. The molecule has 0 radical (unpaired) electrons. The number of nitrogens with one attached hydrogen (secondary N) is 1. The third-order valence-electron chi connectivity index (χ3n) is 3.10. The molecule has 20 heavy (non-hydrogen) atoms. The molecule has 0 atom stereocenters. The van der Waals surface area contributed by atoms with Crippen LogP contribution in [0.1, 0.15) is 23.4 Å². The van der Waals surface area contributed by atoms with E-state index in [1.165, 1.54) is 12.1 Å². The van der Waals surface area contributed by atoms with Gasteiger partial charge < -0.3 is 9.73 Å². The quantitative estimate of drug-likeness (QED) is 0.685. The van der Waals surface area contributed by atoms with Crippen LogP contribution in [0.5, 0.6) is 0 Å². The maximum absolute atomic E-state index is 11.8. The van der Waals surface area contributed by atoms with Gasteiger partial charge in [-0.15, -0.1) is 0 Å². The minimum Gasteiger partial charge on any atom is -0.451 e. The van der Waals surface area contributed by atoms with Crippen LogP contribution in [-0.2, 0) is 0 Å². The van der Waals surface area contributed by atoms with E-state index in [0.717, 1.165) is 12.8 Å². The largest absolute Gasteiger partial charge is 0.451 e. The molecule has 1 N–H and O–H groups in total. The van der Waals surface area contributed by atoms with E-state index in [-0.39, 0.29) is 23.4 Å². The van der Waals surface area contributed by atoms with E-state index < -0.39 is 4.92 Å². The smallest absolute Gasteiger partial charge is 0.287 e. The van der Waals surface area contributed by atoms with Gasteiger partial charge in [-0.25, -0.2) is 0 Å². The highest BCUT2D eigenvalue weighted by atomic mass is 16.6. The van der Waals surface area contributed by atoms with E-state index in [1.54, 1.807) is 24.3 Å². The Balaban J connectivity index is 1.78. The van der Waals surface area contributed by atoms with Gasteiger partial charge in [-0.3, -0.25) is 14.9 Å². The molecule has 3 rings (SSSR count). The van der Waals surface area contributed by atoms with Gasteiger partial charge in [0.25, 0.3) is 11.6 Å². The molecular formula is C14H12N2O4. The number of non-ortho nitro benzene ring substituents is 1. The van der Waals surface area contributed by atoms with Crippen molar-refractivity contribution in [2.45, 2.75) is 18.9 Å². The Morgan fingerprint density at radius 2 is 1.90 bits per heavy atom. The van der Waals surface area contributed by atoms with Crippen LogP contribution in [0.15, 0.2) is 40.8 Å². The van der Waals surface area contributed by atoms with Gasteiger partial charge in [0.1, 0.15) is 5.76 Å². The van der Waals surface area contributed by atoms with Crippen molar-refractivity contribution < 1.29 is 14.1 Å². The summed E-state index contributed by atoms with van der Waals surface area (Å²) in [7, 11) is 0. The second kappa shape index (κ2) is 4.80. The number of carbonyl (C=O) groups is 1. The molecule has 1 saturated carbocycles. The third kappa shape index (κ3) is 2.54. The Labute approximate surface area is 114 Å². The molecule has 0 saturated heterocycles. The van der Waals surface area contributed by atoms with Crippen LogP contribution in [0, 0.1) is 10.1 Å². The Hall–Kier alpha value is -2.63. The third-order valence-corrected chi connectivity index (χ3v) is 3.10. The highest BCUT2D eigenvalue weighted by Gasteiger charge is 2.25. The summed E-state index contributed by atoms with van der Waals surface area (Å²) in [5, 5.41) is 13.4. The summed E-state index contributed by atoms with van der Waals surface area (Å²) in [5.41, 5.74) is 0.716. The van der Waals surface area contributed by atoms with Crippen LogP contribution in [0.3, 0.4) is 0 Å². The lowest BCUT2D eigenvalue weighted by Gasteiger charge is -1.99. The van der Waals surface area contributed by atoms with E-state index in [2.05, 4.69) is 5.32 Å². The Kier molecular flexibility index (Phi) is 2.98. The van der Waals surface area contributed by atoms with E-state index in [0.29, 0.717) is 11.3 Å². The van der Waals surface area contributed by atoms with E-state index in [9.17, 15) is 14.9 Å². The molecular weight excluding hydrogens is 260 g/mol. The summed E-state index contributed by atoms with van der Waals surface area (Å²) in [5.74, 6) is 0.548. The van der Waals surface area contributed by atoms with E-state index in [4.69, 9.17) is 4.42 Å². The highest BCUT2D eigenvalue weighted by molar-refractivity contribution is 5.92. The first-order chi connectivity index (χ1) is 9.63. The van der Waals surface area contributed by atoms with Gasteiger partial charge in [-0.05, 0) is 37.1 Å². The lowest BCUT2D eigenvalue weighted by Crippen LogP contribution is -2.24. The number of nitrogens with zero attached hydrogens (tertiary/aromatic N) is 1. The second-order valence-electron chi connectivity index (χ2n) is 4.72. The summed E-state index contributed by atoms with van der Waals surface area (Å²) in [4.78, 5) is 21.9. The zero-order valence-electron chi connectivity index (χ0n) is 10.5. The van der Waals surface area contributed by atoms with E-state index >= 15 is 0 Å². The lowest BCUT2D eigenvalue weighted by molar-refractivity contribution is -0.384. The number of benzene rings is 1. The summed E-state index contributed by atoms with van der Waals surface area (Å²) < 4.78 is 5.48. The normalized spacial score (nSPS) is 14.0. The molecule has 0 unspecified atom stereocenters. The molecule has 0 bridgehead atoms. The summed E-state index contributed by atoms with van der Waals surface area (Å²) in [6.45, 7) is 0. The number of hydrogen-bond donors (Lipinski definition) is 1. The molecule has 0 aliphatic heterocycles. The number of rotatable bonds is 4. The van der Waals surface area contributed by atoms with Crippen LogP contribution < -0.4 is 5.32 Å². The number of hydrogen-bond acceptors (Lipinski definition) is 4. The van der Waals surface area contributed by atoms with Crippen molar-refractivity contribution in [3.8, 4) is 11.3 Å². The van der Waals surface area contributed by atoms with E-state index in [1.807, 2.05) is 0 Å². The molecule has 0 spiro atoms. The van der Waals surface area contributed by atoms with Crippen LogP contribution in [-0.4, -0.2) is 16.9 Å². The van der Waals surface area contributed by atoms with Crippen molar-refractivity contribution in [3.05, 3.63) is 52.3 Å². The number of furan rings is 1.